The number of thioether (sulfide) groups is 1. The fraction of sp³-hybridized carbons (Fsp3) is 0.917. The molecule has 4 nitrogen and oxygen atoms in total. The van der Waals surface area contributed by atoms with Crippen LogP contribution in [0.1, 0.15) is 19.8 Å². The Kier molecular flexibility index (Phi) is 5.13. The number of nitrogens with one attached hydrogen (secondary N) is 2. The molecule has 1 atom stereocenters. The van der Waals surface area contributed by atoms with Gasteiger partial charge in [0.1, 0.15) is 0 Å². The molecule has 2 fully saturated rings. The van der Waals surface area contributed by atoms with Crippen LogP contribution in [-0.2, 0) is 4.79 Å². The minimum absolute atomic E-state index is 0.0201. The van der Waals surface area contributed by atoms with Crippen molar-refractivity contribution < 1.29 is 4.79 Å². The second-order valence-corrected chi connectivity index (χ2v) is 6.08. The summed E-state index contributed by atoms with van der Waals surface area (Å²) >= 11 is 1.99. The average Bonchev–Trinajstić information content (AvgIpc) is 2.40. The molecular formula is C12H23N3OS. The Hall–Kier alpha value is -0.260. The zero-order valence-corrected chi connectivity index (χ0v) is 11.4. The largest absolute Gasteiger partial charge is 0.352 e. The Bertz CT molecular complexity index is 250. The van der Waals surface area contributed by atoms with Crippen molar-refractivity contribution >= 4 is 17.7 Å². The van der Waals surface area contributed by atoms with Crippen LogP contribution in [0.15, 0.2) is 0 Å². The van der Waals surface area contributed by atoms with Gasteiger partial charge in [-0.2, -0.15) is 11.8 Å². The molecule has 0 aromatic rings. The van der Waals surface area contributed by atoms with Crippen LogP contribution in [0.25, 0.3) is 0 Å². The molecule has 98 valence electrons. The van der Waals surface area contributed by atoms with Crippen LogP contribution in [0.2, 0.25) is 0 Å². The normalized spacial score (nSPS) is 25.5. The van der Waals surface area contributed by atoms with E-state index in [1.807, 2.05) is 18.7 Å². The standard InChI is InChI=1S/C12H23N3OS/c1-10(15-6-4-13-5-7-15)12(16)14-11-2-8-17-9-3-11/h10-11,13H,2-9H2,1H3,(H,14,16). The zero-order chi connectivity index (χ0) is 12.1. The fourth-order valence-electron chi connectivity index (χ4n) is 2.40. The molecule has 17 heavy (non-hydrogen) atoms. The lowest BCUT2D eigenvalue weighted by Gasteiger charge is -2.33. The summed E-state index contributed by atoms with van der Waals surface area (Å²) in [5.41, 5.74) is 0. The van der Waals surface area contributed by atoms with Crippen molar-refractivity contribution in [1.29, 1.82) is 0 Å². The van der Waals surface area contributed by atoms with Crippen LogP contribution in [0.3, 0.4) is 0 Å². The van der Waals surface area contributed by atoms with E-state index in [2.05, 4.69) is 15.5 Å². The third kappa shape index (κ3) is 3.86. The molecule has 1 amide bonds. The minimum atomic E-state index is 0.0201. The fourth-order valence-corrected chi connectivity index (χ4v) is 3.51. The molecule has 0 aromatic heterocycles. The van der Waals surface area contributed by atoms with Gasteiger partial charge in [0.2, 0.25) is 5.91 Å². The van der Waals surface area contributed by atoms with Crippen molar-refractivity contribution in [2.75, 3.05) is 37.7 Å². The van der Waals surface area contributed by atoms with Crippen LogP contribution < -0.4 is 10.6 Å². The molecule has 2 aliphatic rings. The zero-order valence-electron chi connectivity index (χ0n) is 10.6. The molecule has 0 bridgehead atoms. The molecule has 1 unspecified atom stereocenters. The molecular weight excluding hydrogens is 234 g/mol. The number of carbonyl (C=O) groups excluding carboxylic acids is 1. The van der Waals surface area contributed by atoms with Gasteiger partial charge in [0, 0.05) is 32.2 Å². The van der Waals surface area contributed by atoms with E-state index in [9.17, 15) is 4.79 Å². The molecule has 2 N–H and O–H groups in total. The lowest BCUT2D eigenvalue weighted by Crippen LogP contribution is -2.54. The monoisotopic (exact) mass is 257 g/mol. The van der Waals surface area contributed by atoms with Crippen LogP contribution in [-0.4, -0.2) is 60.6 Å². The van der Waals surface area contributed by atoms with Gasteiger partial charge in [-0.3, -0.25) is 9.69 Å². The smallest absolute Gasteiger partial charge is 0.237 e. The van der Waals surface area contributed by atoms with Gasteiger partial charge in [-0.05, 0) is 31.3 Å². The second kappa shape index (κ2) is 6.61. The van der Waals surface area contributed by atoms with Gasteiger partial charge in [0.15, 0.2) is 0 Å². The molecule has 5 heteroatoms. The quantitative estimate of drug-likeness (QED) is 0.763. The topological polar surface area (TPSA) is 44.4 Å². The van der Waals surface area contributed by atoms with E-state index in [0.29, 0.717) is 6.04 Å². The highest BCUT2D eigenvalue weighted by molar-refractivity contribution is 7.99. The van der Waals surface area contributed by atoms with Crippen molar-refractivity contribution in [3.8, 4) is 0 Å². The van der Waals surface area contributed by atoms with Gasteiger partial charge in [-0.15, -0.1) is 0 Å². The highest BCUT2D eigenvalue weighted by Crippen LogP contribution is 2.17. The highest BCUT2D eigenvalue weighted by Gasteiger charge is 2.25. The summed E-state index contributed by atoms with van der Waals surface area (Å²) in [6.07, 6.45) is 2.26. The molecule has 2 heterocycles. The third-order valence-corrected chi connectivity index (χ3v) is 4.70. The molecule has 0 aliphatic carbocycles. The van der Waals surface area contributed by atoms with Gasteiger partial charge < -0.3 is 10.6 Å². The minimum Gasteiger partial charge on any atom is -0.352 e. The Balaban J connectivity index is 1.77. The highest BCUT2D eigenvalue weighted by atomic mass is 32.2. The van der Waals surface area contributed by atoms with Crippen LogP contribution in [0.4, 0.5) is 0 Å². The van der Waals surface area contributed by atoms with E-state index in [-0.39, 0.29) is 11.9 Å². The number of amides is 1. The van der Waals surface area contributed by atoms with Gasteiger partial charge in [0.25, 0.3) is 0 Å². The van der Waals surface area contributed by atoms with E-state index in [1.54, 1.807) is 0 Å². The van der Waals surface area contributed by atoms with Gasteiger partial charge in [-0.1, -0.05) is 0 Å². The van der Waals surface area contributed by atoms with E-state index in [4.69, 9.17) is 0 Å². The molecule has 2 aliphatic heterocycles. The summed E-state index contributed by atoms with van der Waals surface area (Å²) in [7, 11) is 0. The van der Waals surface area contributed by atoms with E-state index >= 15 is 0 Å². The Morgan fingerprint density at radius 2 is 2.00 bits per heavy atom. The summed E-state index contributed by atoms with van der Waals surface area (Å²) in [5.74, 6) is 2.59. The maximum absolute atomic E-state index is 12.1. The molecule has 0 aromatic carbocycles. The number of hydrogen-bond donors (Lipinski definition) is 2. The van der Waals surface area contributed by atoms with E-state index in [0.717, 1.165) is 39.0 Å². The molecule has 0 saturated carbocycles. The van der Waals surface area contributed by atoms with Crippen LogP contribution in [0.5, 0.6) is 0 Å². The first-order valence-corrected chi connectivity index (χ1v) is 7.76. The van der Waals surface area contributed by atoms with E-state index in [1.165, 1.54) is 11.5 Å². The lowest BCUT2D eigenvalue weighted by atomic mass is 10.1. The Labute approximate surface area is 108 Å². The number of rotatable bonds is 3. The van der Waals surface area contributed by atoms with Crippen molar-refractivity contribution in [2.24, 2.45) is 0 Å². The first kappa shape index (κ1) is 13.2. The van der Waals surface area contributed by atoms with Crippen molar-refractivity contribution in [1.82, 2.24) is 15.5 Å². The third-order valence-electron chi connectivity index (χ3n) is 3.65. The molecule has 0 radical (unpaired) electrons. The lowest BCUT2D eigenvalue weighted by molar-refractivity contribution is -0.126. The molecule has 0 spiro atoms. The summed E-state index contributed by atoms with van der Waals surface area (Å²) < 4.78 is 0. The SMILES string of the molecule is CC(C(=O)NC1CCSCC1)N1CCNCC1. The Morgan fingerprint density at radius 3 is 2.65 bits per heavy atom. The summed E-state index contributed by atoms with van der Waals surface area (Å²) in [5, 5.41) is 6.52. The average molecular weight is 257 g/mol. The number of hydrogen-bond acceptors (Lipinski definition) is 4. The first-order chi connectivity index (χ1) is 8.27. The molecule has 2 rings (SSSR count). The number of carbonyl (C=O) groups is 1. The van der Waals surface area contributed by atoms with Crippen molar-refractivity contribution in [3.63, 3.8) is 0 Å². The number of nitrogens with zero attached hydrogens (tertiary/aromatic N) is 1. The van der Waals surface area contributed by atoms with E-state index < -0.39 is 0 Å². The Morgan fingerprint density at radius 1 is 1.35 bits per heavy atom. The maximum Gasteiger partial charge on any atom is 0.237 e. The second-order valence-electron chi connectivity index (χ2n) is 4.86. The van der Waals surface area contributed by atoms with Crippen LogP contribution in [0, 0.1) is 0 Å². The summed E-state index contributed by atoms with van der Waals surface area (Å²) in [4.78, 5) is 14.4. The van der Waals surface area contributed by atoms with Gasteiger partial charge in [-0.25, -0.2) is 0 Å². The maximum atomic E-state index is 12.1. The molecule has 2 saturated heterocycles. The summed E-state index contributed by atoms with van der Waals surface area (Å²) in [6.45, 7) is 5.98. The van der Waals surface area contributed by atoms with Gasteiger partial charge in [0.05, 0.1) is 6.04 Å². The van der Waals surface area contributed by atoms with Gasteiger partial charge >= 0.3 is 0 Å². The predicted molar refractivity (Wildman–Crippen MR) is 72.4 cm³/mol. The number of piperazine rings is 1. The van der Waals surface area contributed by atoms with Crippen molar-refractivity contribution in [2.45, 2.75) is 31.8 Å². The van der Waals surface area contributed by atoms with Crippen LogP contribution >= 0.6 is 11.8 Å². The summed E-state index contributed by atoms with van der Waals surface area (Å²) in [6, 6.07) is 0.431. The predicted octanol–water partition coefficient (Wildman–Crippen LogP) is 0.292. The van der Waals surface area contributed by atoms with Crippen molar-refractivity contribution in [3.05, 3.63) is 0 Å². The first-order valence-electron chi connectivity index (χ1n) is 6.60.